The first-order chi connectivity index (χ1) is 12.1. The normalized spacial score (nSPS) is 14.4. The van der Waals surface area contributed by atoms with Gasteiger partial charge in [-0.05, 0) is 36.1 Å². The Bertz CT molecular complexity index is 793. The van der Waals surface area contributed by atoms with Crippen molar-refractivity contribution in [2.75, 3.05) is 11.9 Å². The number of nitrogens with one attached hydrogen (secondary N) is 2. The minimum Gasteiger partial charge on any atom is -0.394 e. The molecule has 25 heavy (non-hydrogen) atoms. The van der Waals surface area contributed by atoms with Crippen LogP contribution in [-0.2, 0) is 17.6 Å². The van der Waals surface area contributed by atoms with Crippen molar-refractivity contribution in [1.82, 2.24) is 5.32 Å². The van der Waals surface area contributed by atoms with Gasteiger partial charge in [-0.1, -0.05) is 30.3 Å². The summed E-state index contributed by atoms with van der Waals surface area (Å²) in [5.74, 6) is -1.44. The zero-order valence-corrected chi connectivity index (χ0v) is 13.6. The van der Waals surface area contributed by atoms with Gasteiger partial charge >= 0.3 is 0 Å². The molecule has 0 saturated heterocycles. The van der Waals surface area contributed by atoms with Crippen molar-refractivity contribution in [2.24, 2.45) is 0 Å². The maximum atomic E-state index is 14.3. The van der Waals surface area contributed by atoms with Crippen LogP contribution in [0.4, 0.5) is 10.1 Å². The second-order valence-corrected chi connectivity index (χ2v) is 6.08. The minimum absolute atomic E-state index is 0.0820. The molecule has 6 heteroatoms. The summed E-state index contributed by atoms with van der Waals surface area (Å²) in [6.07, 6.45) is 1.23. The molecule has 1 heterocycles. The van der Waals surface area contributed by atoms with Crippen LogP contribution in [-0.4, -0.2) is 29.6 Å². The second-order valence-electron chi connectivity index (χ2n) is 6.08. The fraction of sp³-hybridized carbons (Fsp3) is 0.263. The topological polar surface area (TPSA) is 78.4 Å². The molecule has 0 radical (unpaired) electrons. The van der Waals surface area contributed by atoms with Crippen molar-refractivity contribution in [2.45, 2.75) is 25.3 Å². The van der Waals surface area contributed by atoms with Crippen molar-refractivity contribution in [3.05, 3.63) is 65.0 Å². The maximum Gasteiger partial charge on any atom is 0.254 e. The van der Waals surface area contributed by atoms with E-state index in [1.165, 1.54) is 12.1 Å². The largest absolute Gasteiger partial charge is 0.394 e. The van der Waals surface area contributed by atoms with Gasteiger partial charge in [0.05, 0.1) is 18.2 Å². The molecule has 0 spiro atoms. The Hall–Kier alpha value is -2.73. The highest BCUT2D eigenvalue weighted by Crippen LogP contribution is 2.26. The van der Waals surface area contributed by atoms with Gasteiger partial charge in [0.2, 0.25) is 5.91 Å². The highest BCUT2D eigenvalue weighted by atomic mass is 19.1. The zero-order chi connectivity index (χ0) is 17.8. The number of carbonyl (C=O) groups is 2. The molecule has 2 aromatic carbocycles. The van der Waals surface area contributed by atoms with E-state index in [0.717, 1.165) is 11.1 Å². The summed E-state index contributed by atoms with van der Waals surface area (Å²) < 4.78 is 14.3. The summed E-state index contributed by atoms with van der Waals surface area (Å²) in [6.45, 7) is -0.247. The van der Waals surface area contributed by atoms with Gasteiger partial charge in [0, 0.05) is 12.1 Å². The number of anilines is 1. The molecule has 0 fully saturated rings. The smallest absolute Gasteiger partial charge is 0.254 e. The number of aliphatic hydroxyl groups is 1. The number of aliphatic hydroxyl groups excluding tert-OH is 1. The van der Waals surface area contributed by atoms with Crippen LogP contribution in [0.25, 0.3) is 0 Å². The monoisotopic (exact) mass is 342 g/mol. The molecule has 3 N–H and O–H groups in total. The number of hydrogen-bond acceptors (Lipinski definition) is 3. The summed E-state index contributed by atoms with van der Waals surface area (Å²) in [4.78, 5) is 23.8. The zero-order valence-electron chi connectivity index (χ0n) is 13.6. The van der Waals surface area contributed by atoms with E-state index in [-0.39, 0.29) is 18.1 Å². The summed E-state index contributed by atoms with van der Waals surface area (Å²) >= 11 is 0. The SMILES string of the molecule is O=C1CCc2cc(C(=O)N[C@H](CO)Cc3ccccc3)c(F)cc2N1. The predicted octanol–water partition coefficient (Wildman–Crippen LogP) is 2.04. The Labute approximate surface area is 144 Å². The van der Waals surface area contributed by atoms with Gasteiger partial charge < -0.3 is 15.7 Å². The Morgan fingerprint density at radius 3 is 2.72 bits per heavy atom. The standard InChI is InChI=1S/C19H19FN2O3/c20-16-10-17-13(6-7-18(24)22-17)9-15(16)19(25)21-14(11-23)8-12-4-2-1-3-5-12/h1-5,9-10,14,23H,6-8,11H2,(H,21,25)(H,22,24)/t14-/m0/s1. The third kappa shape index (κ3) is 4.03. The van der Waals surface area contributed by atoms with E-state index >= 15 is 0 Å². The van der Waals surface area contributed by atoms with E-state index in [4.69, 9.17) is 0 Å². The molecular weight excluding hydrogens is 323 g/mol. The average molecular weight is 342 g/mol. The van der Waals surface area contributed by atoms with Gasteiger partial charge in [-0.25, -0.2) is 4.39 Å². The fourth-order valence-corrected chi connectivity index (χ4v) is 2.90. The third-order valence-corrected chi connectivity index (χ3v) is 4.21. The number of rotatable bonds is 5. The molecule has 0 bridgehead atoms. The molecule has 1 aliphatic heterocycles. The molecule has 0 unspecified atom stereocenters. The average Bonchev–Trinajstić information content (AvgIpc) is 2.61. The number of benzene rings is 2. The predicted molar refractivity (Wildman–Crippen MR) is 91.8 cm³/mol. The lowest BCUT2D eigenvalue weighted by molar-refractivity contribution is -0.116. The molecule has 0 aliphatic carbocycles. The van der Waals surface area contributed by atoms with Crippen molar-refractivity contribution in [3.63, 3.8) is 0 Å². The molecule has 1 atom stereocenters. The summed E-state index contributed by atoms with van der Waals surface area (Å²) in [5.41, 5.74) is 2.03. The summed E-state index contributed by atoms with van der Waals surface area (Å²) in [6, 6.07) is 11.6. The van der Waals surface area contributed by atoms with Crippen molar-refractivity contribution in [1.29, 1.82) is 0 Å². The Morgan fingerprint density at radius 1 is 1.24 bits per heavy atom. The van der Waals surface area contributed by atoms with Crippen LogP contribution < -0.4 is 10.6 Å². The van der Waals surface area contributed by atoms with Gasteiger partial charge in [-0.3, -0.25) is 9.59 Å². The molecule has 0 saturated carbocycles. The van der Waals surface area contributed by atoms with Crippen LogP contribution in [0.15, 0.2) is 42.5 Å². The third-order valence-electron chi connectivity index (χ3n) is 4.21. The lowest BCUT2D eigenvalue weighted by Crippen LogP contribution is -2.39. The fourth-order valence-electron chi connectivity index (χ4n) is 2.90. The Balaban J connectivity index is 1.75. The Morgan fingerprint density at radius 2 is 2.00 bits per heavy atom. The van der Waals surface area contributed by atoms with Crippen LogP contribution >= 0.6 is 0 Å². The van der Waals surface area contributed by atoms with Crippen molar-refractivity contribution in [3.8, 4) is 0 Å². The lowest BCUT2D eigenvalue weighted by atomic mass is 9.99. The second kappa shape index (κ2) is 7.44. The van der Waals surface area contributed by atoms with Crippen LogP contribution in [0, 0.1) is 5.82 Å². The number of aryl methyl sites for hydroxylation is 1. The van der Waals surface area contributed by atoms with Crippen LogP contribution in [0.1, 0.15) is 27.9 Å². The van der Waals surface area contributed by atoms with E-state index in [1.807, 2.05) is 30.3 Å². The molecule has 0 aromatic heterocycles. The number of carbonyl (C=O) groups excluding carboxylic acids is 2. The minimum atomic E-state index is -0.699. The molecule has 1 aliphatic rings. The Kier molecular flexibility index (Phi) is 5.09. The number of fused-ring (bicyclic) bond motifs is 1. The highest BCUT2D eigenvalue weighted by molar-refractivity contribution is 5.98. The molecule has 2 amide bonds. The summed E-state index contributed by atoms with van der Waals surface area (Å²) in [7, 11) is 0. The van der Waals surface area contributed by atoms with Gasteiger partial charge in [0.25, 0.3) is 5.91 Å². The molecule has 5 nitrogen and oxygen atoms in total. The van der Waals surface area contributed by atoms with Gasteiger partial charge in [0.1, 0.15) is 5.82 Å². The first kappa shape index (κ1) is 17.1. The van der Waals surface area contributed by atoms with E-state index in [9.17, 15) is 19.1 Å². The highest BCUT2D eigenvalue weighted by Gasteiger charge is 2.22. The molecule has 3 rings (SSSR count). The number of halogens is 1. The first-order valence-corrected chi connectivity index (χ1v) is 8.14. The molecule has 130 valence electrons. The van der Waals surface area contributed by atoms with E-state index in [0.29, 0.717) is 24.9 Å². The van der Waals surface area contributed by atoms with Crippen LogP contribution in [0.5, 0.6) is 0 Å². The van der Waals surface area contributed by atoms with Gasteiger partial charge in [-0.15, -0.1) is 0 Å². The number of amides is 2. The van der Waals surface area contributed by atoms with E-state index in [1.54, 1.807) is 0 Å². The van der Waals surface area contributed by atoms with Crippen LogP contribution in [0.2, 0.25) is 0 Å². The first-order valence-electron chi connectivity index (χ1n) is 8.14. The van der Waals surface area contributed by atoms with Crippen molar-refractivity contribution >= 4 is 17.5 Å². The van der Waals surface area contributed by atoms with Gasteiger partial charge in [-0.2, -0.15) is 0 Å². The van der Waals surface area contributed by atoms with E-state index < -0.39 is 17.8 Å². The lowest BCUT2D eigenvalue weighted by Gasteiger charge is -2.20. The van der Waals surface area contributed by atoms with Crippen molar-refractivity contribution < 1.29 is 19.1 Å². The maximum absolute atomic E-state index is 14.3. The van der Waals surface area contributed by atoms with E-state index in [2.05, 4.69) is 10.6 Å². The van der Waals surface area contributed by atoms with Gasteiger partial charge in [0.15, 0.2) is 0 Å². The summed E-state index contributed by atoms with van der Waals surface area (Å²) in [5, 5.41) is 14.8. The molecular formula is C19H19FN2O3. The van der Waals surface area contributed by atoms with Crippen LogP contribution in [0.3, 0.4) is 0 Å². The number of hydrogen-bond donors (Lipinski definition) is 3. The quantitative estimate of drug-likeness (QED) is 0.778. The molecule has 2 aromatic rings.